The van der Waals surface area contributed by atoms with Crippen molar-refractivity contribution in [2.45, 2.75) is 58.4 Å². The Hall–Kier alpha value is -2.23. The van der Waals surface area contributed by atoms with Gasteiger partial charge in [-0.05, 0) is 12.8 Å². The van der Waals surface area contributed by atoms with E-state index in [1.165, 1.54) is 0 Å². The summed E-state index contributed by atoms with van der Waals surface area (Å²) >= 11 is 0. The highest BCUT2D eigenvalue weighted by molar-refractivity contribution is 6.11. The summed E-state index contributed by atoms with van der Waals surface area (Å²) in [6.07, 6.45) is 4.88. The Bertz CT molecular complexity index is 599. The third-order valence-electron chi connectivity index (χ3n) is 4.70. The SMILES string of the molecule is CC1(C)CC(=O)N(CC(=O)[C@H](C#N)C(=O)NC2CCCCC2)C1=O. The van der Waals surface area contributed by atoms with E-state index in [0.717, 1.165) is 37.0 Å². The zero-order valence-electron chi connectivity index (χ0n) is 14.1. The number of nitriles is 1. The zero-order valence-corrected chi connectivity index (χ0v) is 14.1. The quantitative estimate of drug-likeness (QED) is 0.595. The van der Waals surface area contributed by atoms with Crippen LogP contribution < -0.4 is 5.32 Å². The van der Waals surface area contributed by atoms with E-state index in [1.54, 1.807) is 19.9 Å². The van der Waals surface area contributed by atoms with Crippen molar-refractivity contribution >= 4 is 23.5 Å². The molecular formula is C17H23N3O4. The molecule has 2 aliphatic rings. The Labute approximate surface area is 141 Å². The molecule has 1 aliphatic carbocycles. The number of rotatable bonds is 5. The van der Waals surface area contributed by atoms with Crippen LogP contribution in [0.25, 0.3) is 0 Å². The summed E-state index contributed by atoms with van der Waals surface area (Å²) in [5, 5.41) is 11.9. The summed E-state index contributed by atoms with van der Waals surface area (Å²) < 4.78 is 0. The van der Waals surface area contributed by atoms with Crippen LogP contribution >= 0.6 is 0 Å². The van der Waals surface area contributed by atoms with Crippen LogP contribution in [0.5, 0.6) is 0 Å². The minimum atomic E-state index is -1.49. The molecule has 2 rings (SSSR count). The number of Topliss-reactive ketones (excluding diaryl/α,β-unsaturated/α-hetero) is 1. The second kappa shape index (κ2) is 7.12. The third-order valence-corrected chi connectivity index (χ3v) is 4.70. The Kier molecular flexibility index (Phi) is 5.37. The van der Waals surface area contributed by atoms with Crippen molar-refractivity contribution in [1.82, 2.24) is 10.2 Å². The first-order chi connectivity index (χ1) is 11.3. The fourth-order valence-electron chi connectivity index (χ4n) is 3.24. The minimum Gasteiger partial charge on any atom is -0.352 e. The van der Waals surface area contributed by atoms with E-state index in [2.05, 4.69) is 5.32 Å². The van der Waals surface area contributed by atoms with Crippen LogP contribution in [0.15, 0.2) is 0 Å². The number of hydrogen-bond donors (Lipinski definition) is 1. The Morgan fingerprint density at radius 1 is 1.29 bits per heavy atom. The molecule has 2 fully saturated rings. The number of carbonyl (C=O) groups excluding carboxylic acids is 4. The Balaban J connectivity index is 1.98. The first kappa shape index (κ1) is 18.1. The lowest BCUT2D eigenvalue weighted by atomic mass is 9.92. The van der Waals surface area contributed by atoms with Gasteiger partial charge in [0.2, 0.25) is 17.7 Å². The van der Waals surface area contributed by atoms with Crippen molar-refractivity contribution in [1.29, 1.82) is 5.26 Å². The monoisotopic (exact) mass is 333 g/mol. The summed E-state index contributed by atoms with van der Waals surface area (Å²) in [5.41, 5.74) is -0.843. The number of carbonyl (C=O) groups is 4. The first-order valence-electron chi connectivity index (χ1n) is 8.34. The number of imide groups is 1. The predicted octanol–water partition coefficient (Wildman–Crippen LogP) is 0.929. The Morgan fingerprint density at radius 3 is 2.42 bits per heavy atom. The molecule has 1 saturated carbocycles. The molecule has 0 bridgehead atoms. The van der Waals surface area contributed by atoms with E-state index in [-0.39, 0.29) is 12.5 Å². The van der Waals surface area contributed by atoms with E-state index in [1.807, 2.05) is 0 Å². The molecule has 24 heavy (non-hydrogen) atoms. The summed E-state index contributed by atoms with van der Waals surface area (Å²) in [4.78, 5) is 49.4. The van der Waals surface area contributed by atoms with Gasteiger partial charge in [-0.2, -0.15) is 5.26 Å². The maximum absolute atomic E-state index is 12.3. The summed E-state index contributed by atoms with van der Waals surface area (Å²) in [6.45, 7) is 2.75. The molecule has 1 N–H and O–H groups in total. The molecule has 1 saturated heterocycles. The molecule has 1 atom stereocenters. The number of likely N-dealkylation sites (tertiary alicyclic amines) is 1. The third kappa shape index (κ3) is 3.81. The van der Waals surface area contributed by atoms with Crippen molar-refractivity contribution in [2.24, 2.45) is 11.3 Å². The van der Waals surface area contributed by atoms with Gasteiger partial charge in [0.05, 0.1) is 18.0 Å². The molecule has 1 heterocycles. The predicted molar refractivity (Wildman–Crippen MR) is 84.2 cm³/mol. The van der Waals surface area contributed by atoms with Crippen molar-refractivity contribution in [2.75, 3.05) is 6.54 Å². The molecule has 7 heteroatoms. The van der Waals surface area contributed by atoms with Crippen molar-refractivity contribution in [3.05, 3.63) is 0 Å². The van der Waals surface area contributed by atoms with Crippen molar-refractivity contribution in [3.8, 4) is 6.07 Å². The average molecular weight is 333 g/mol. The van der Waals surface area contributed by atoms with Gasteiger partial charge < -0.3 is 5.32 Å². The second-order valence-electron chi connectivity index (χ2n) is 7.22. The fraction of sp³-hybridized carbons (Fsp3) is 0.706. The van der Waals surface area contributed by atoms with Gasteiger partial charge in [0.25, 0.3) is 0 Å². The topological polar surface area (TPSA) is 107 Å². The lowest BCUT2D eigenvalue weighted by Crippen LogP contribution is -2.45. The number of hydrogen-bond acceptors (Lipinski definition) is 5. The first-order valence-corrected chi connectivity index (χ1v) is 8.34. The zero-order chi connectivity index (χ0) is 17.9. The van der Waals surface area contributed by atoms with Gasteiger partial charge in [0.15, 0.2) is 11.7 Å². The molecule has 0 aromatic rings. The summed E-state index contributed by atoms with van der Waals surface area (Å²) in [5.74, 6) is -3.72. The molecule has 0 radical (unpaired) electrons. The Morgan fingerprint density at radius 2 is 1.92 bits per heavy atom. The molecule has 130 valence electrons. The number of nitrogens with one attached hydrogen (secondary N) is 1. The van der Waals surface area contributed by atoms with E-state index in [0.29, 0.717) is 0 Å². The lowest BCUT2D eigenvalue weighted by Gasteiger charge is -2.24. The minimum absolute atomic E-state index is 0.0103. The van der Waals surface area contributed by atoms with Gasteiger partial charge in [-0.1, -0.05) is 33.1 Å². The van der Waals surface area contributed by atoms with Crippen LogP contribution in [0.2, 0.25) is 0 Å². The average Bonchev–Trinajstić information content (AvgIpc) is 2.71. The molecule has 7 nitrogen and oxygen atoms in total. The largest absolute Gasteiger partial charge is 0.352 e. The van der Waals surface area contributed by atoms with Gasteiger partial charge in [-0.25, -0.2) is 0 Å². The molecule has 3 amide bonds. The van der Waals surface area contributed by atoms with Crippen LogP contribution in [0, 0.1) is 22.7 Å². The fourth-order valence-corrected chi connectivity index (χ4v) is 3.24. The number of nitrogens with zero attached hydrogens (tertiary/aromatic N) is 2. The van der Waals surface area contributed by atoms with E-state index < -0.39 is 41.4 Å². The van der Waals surface area contributed by atoms with Crippen LogP contribution in [-0.2, 0) is 19.2 Å². The molecule has 0 aromatic carbocycles. The van der Waals surface area contributed by atoms with Gasteiger partial charge in [-0.3, -0.25) is 24.1 Å². The standard InChI is InChI=1S/C17H23N3O4/c1-17(2)8-14(22)20(16(17)24)10-13(21)12(9-18)15(23)19-11-6-4-3-5-7-11/h11-12H,3-8,10H2,1-2H3,(H,19,23)/t12-/m0/s1. The molecule has 0 spiro atoms. The lowest BCUT2D eigenvalue weighted by molar-refractivity contribution is -0.145. The highest BCUT2D eigenvalue weighted by atomic mass is 16.2. The highest BCUT2D eigenvalue weighted by Crippen LogP contribution is 2.31. The van der Waals surface area contributed by atoms with Crippen LogP contribution in [0.4, 0.5) is 0 Å². The number of ketones is 1. The molecule has 1 aliphatic heterocycles. The van der Waals surface area contributed by atoms with Gasteiger partial charge in [-0.15, -0.1) is 0 Å². The summed E-state index contributed by atoms with van der Waals surface area (Å²) in [6, 6.07) is 1.69. The molecule has 0 aromatic heterocycles. The maximum atomic E-state index is 12.3. The van der Waals surface area contributed by atoms with Crippen LogP contribution in [0.3, 0.4) is 0 Å². The normalized spacial score (nSPS) is 22.1. The van der Waals surface area contributed by atoms with Crippen LogP contribution in [0.1, 0.15) is 52.4 Å². The van der Waals surface area contributed by atoms with E-state index in [9.17, 15) is 24.4 Å². The van der Waals surface area contributed by atoms with Gasteiger partial charge >= 0.3 is 0 Å². The van der Waals surface area contributed by atoms with Gasteiger partial charge in [0.1, 0.15) is 0 Å². The highest BCUT2D eigenvalue weighted by Gasteiger charge is 2.46. The van der Waals surface area contributed by atoms with Gasteiger partial charge in [0, 0.05) is 12.5 Å². The molecule has 0 unspecified atom stereocenters. The number of amides is 3. The van der Waals surface area contributed by atoms with Crippen LogP contribution in [-0.4, -0.2) is 41.0 Å². The maximum Gasteiger partial charge on any atom is 0.245 e. The van der Waals surface area contributed by atoms with Crippen molar-refractivity contribution < 1.29 is 19.2 Å². The smallest absolute Gasteiger partial charge is 0.245 e. The molecular weight excluding hydrogens is 310 g/mol. The second-order valence-corrected chi connectivity index (χ2v) is 7.22. The van der Waals surface area contributed by atoms with Crippen molar-refractivity contribution in [3.63, 3.8) is 0 Å². The van der Waals surface area contributed by atoms with E-state index in [4.69, 9.17) is 0 Å². The van der Waals surface area contributed by atoms with E-state index >= 15 is 0 Å². The summed E-state index contributed by atoms with van der Waals surface area (Å²) in [7, 11) is 0.